The van der Waals surface area contributed by atoms with Crippen LogP contribution in [0.1, 0.15) is 49.0 Å². The normalized spacial score (nSPS) is 13.8. The maximum atomic E-state index is 12.8. The van der Waals surface area contributed by atoms with E-state index in [1.165, 1.54) is 5.56 Å². The van der Waals surface area contributed by atoms with Gasteiger partial charge in [0.05, 0.1) is 6.61 Å². The maximum absolute atomic E-state index is 12.8. The number of piperidine rings is 1. The van der Waals surface area contributed by atoms with Gasteiger partial charge in [-0.25, -0.2) is 4.79 Å². The minimum Gasteiger partial charge on any atom is -0.484 e. The monoisotopic (exact) mass is 468 g/mol. The summed E-state index contributed by atoms with van der Waals surface area (Å²) in [6, 6.07) is 14.2. The van der Waals surface area contributed by atoms with Crippen molar-refractivity contribution in [2.75, 3.05) is 26.3 Å². The second-order valence-electron chi connectivity index (χ2n) is 8.13. The predicted octanol–water partition coefficient (Wildman–Crippen LogP) is 3.97. The Morgan fingerprint density at radius 1 is 0.941 bits per heavy atom. The van der Waals surface area contributed by atoms with Gasteiger partial charge in [0.1, 0.15) is 11.5 Å². The van der Waals surface area contributed by atoms with E-state index in [-0.39, 0.29) is 31.1 Å². The summed E-state index contributed by atoms with van der Waals surface area (Å²) >= 11 is 0. The van der Waals surface area contributed by atoms with E-state index in [4.69, 9.17) is 14.2 Å². The lowest BCUT2D eigenvalue weighted by atomic mass is 10.0. The molecule has 0 unspecified atom stereocenters. The molecule has 2 aromatic carbocycles. The van der Waals surface area contributed by atoms with Gasteiger partial charge >= 0.3 is 6.16 Å². The lowest BCUT2D eigenvalue weighted by molar-refractivity contribution is -0.124. The largest absolute Gasteiger partial charge is 0.513 e. The molecule has 1 fully saturated rings. The van der Waals surface area contributed by atoms with Crippen molar-refractivity contribution in [3.8, 4) is 11.5 Å². The molecule has 8 heteroatoms. The van der Waals surface area contributed by atoms with E-state index in [1.807, 2.05) is 24.3 Å². The Labute approximate surface area is 200 Å². The molecule has 0 bridgehead atoms. The number of hydrogen-bond donors (Lipinski definition) is 1. The van der Waals surface area contributed by atoms with Crippen molar-refractivity contribution in [1.29, 1.82) is 0 Å². The van der Waals surface area contributed by atoms with Crippen molar-refractivity contribution in [2.45, 2.75) is 45.6 Å². The number of likely N-dealkylation sites (tertiary alicyclic amines) is 1. The average molecular weight is 469 g/mol. The molecule has 3 rings (SSSR count). The number of amides is 2. The zero-order chi connectivity index (χ0) is 24.3. The fourth-order valence-electron chi connectivity index (χ4n) is 3.78. The molecule has 2 amide bonds. The van der Waals surface area contributed by atoms with Gasteiger partial charge in [0, 0.05) is 24.7 Å². The zero-order valence-electron chi connectivity index (χ0n) is 19.7. The number of carbonyl (C=O) groups excluding carboxylic acids is 3. The highest BCUT2D eigenvalue weighted by atomic mass is 16.7. The first-order valence-electron chi connectivity index (χ1n) is 11.7. The SMILES string of the molecule is CCCc1ccc(OCC(=O)NC2CCN(C(=O)c3ccc(OC(=O)OCC)cc3)CC2)cc1. The zero-order valence-corrected chi connectivity index (χ0v) is 19.7. The first-order chi connectivity index (χ1) is 16.5. The van der Waals surface area contributed by atoms with E-state index in [2.05, 4.69) is 12.2 Å². The molecule has 1 aliphatic heterocycles. The van der Waals surface area contributed by atoms with Crippen molar-refractivity contribution in [1.82, 2.24) is 10.2 Å². The third-order valence-electron chi connectivity index (χ3n) is 5.54. The molecule has 182 valence electrons. The summed E-state index contributed by atoms with van der Waals surface area (Å²) in [7, 11) is 0. The van der Waals surface area contributed by atoms with Crippen LogP contribution in [0.2, 0.25) is 0 Å². The molecule has 2 aromatic rings. The van der Waals surface area contributed by atoms with Crippen molar-refractivity contribution in [2.24, 2.45) is 0 Å². The number of nitrogens with one attached hydrogen (secondary N) is 1. The van der Waals surface area contributed by atoms with Crippen molar-refractivity contribution in [3.63, 3.8) is 0 Å². The molecule has 0 atom stereocenters. The van der Waals surface area contributed by atoms with Crippen LogP contribution in [0.15, 0.2) is 48.5 Å². The fraction of sp³-hybridized carbons (Fsp3) is 0.423. The summed E-state index contributed by atoms with van der Waals surface area (Å²) in [4.78, 5) is 38.2. The number of benzene rings is 2. The van der Waals surface area contributed by atoms with Gasteiger partial charge in [-0.3, -0.25) is 9.59 Å². The summed E-state index contributed by atoms with van der Waals surface area (Å²) in [5.74, 6) is 0.728. The number of nitrogens with zero attached hydrogens (tertiary/aromatic N) is 1. The molecule has 0 aliphatic carbocycles. The van der Waals surface area contributed by atoms with Crippen LogP contribution in [-0.2, 0) is 16.0 Å². The number of rotatable bonds is 9. The molecule has 0 radical (unpaired) electrons. The second-order valence-corrected chi connectivity index (χ2v) is 8.13. The minimum atomic E-state index is -0.777. The summed E-state index contributed by atoms with van der Waals surface area (Å²) in [6.45, 7) is 5.11. The van der Waals surface area contributed by atoms with Crippen LogP contribution in [0.3, 0.4) is 0 Å². The molecule has 0 saturated carbocycles. The minimum absolute atomic E-state index is 0.00688. The molecule has 0 aromatic heterocycles. The third kappa shape index (κ3) is 7.50. The summed E-state index contributed by atoms with van der Waals surface area (Å²) in [5.41, 5.74) is 1.76. The molecular weight excluding hydrogens is 436 g/mol. The lowest BCUT2D eigenvalue weighted by Crippen LogP contribution is -2.47. The van der Waals surface area contributed by atoms with Crippen LogP contribution in [0.25, 0.3) is 0 Å². The van der Waals surface area contributed by atoms with Crippen molar-refractivity contribution >= 4 is 18.0 Å². The molecule has 8 nitrogen and oxygen atoms in total. The van der Waals surface area contributed by atoms with Crippen LogP contribution in [-0.4, -0.2) is 55.2 Å². The Morgan fingerprint density at radius 3 is 2.21 bits per heavy atom. The van der Waals surface area contributed by atoms with Crippen molar-refractivity contribution in [3.05, 3.63) is 59.7 Å². The third-order valence-corrected chi connectivity index (χ3v) is 5.54. The first-order valence-corrected chi connectivity index (χ1v) is 11.7. The van der Waals surface area contributed by atoms with Gasteiger partial charge in [-0.2, -0.15) is 0 Å². The molecule has 1 saturated heterocycles. The second kappa shape index (κ2) is 12.6. The number of aryl methyl sites for hydroxylation is 1. The van der Waals surface area contributed by atoms with Gasteiger partial charge < -0.3 is 24.4 Å². The highest BCUT2D eigenvalue weighted by Gasteiger charge is 2.24. The van der Waals surface area contributed by atoms with Gasteiger partial charge in [0.2, 0.25) is 0 Å². The predicted molar refractivity (Wildman–Crippen MR) is 127 cm³/mol. The number of ether oxygens (including phenoxy) is 3. The maximum Gasteiger partial charge on any atom is 0.513 e. The Balaban J connectivity index is 1.39. The van der Waals surface area contributed by atoms with E-state index in [1.54, 1.807) is 36.1 Å². The molecule has 1 aliphatic rings. The van der Waals surface area contributed by atoms with Crippen LogP contribution < -0.4 is 14.8 Å². The van der Waals surface area contributed by atoms with Gasteiger partial charge in [-0.05, 0) is 68.1 Å². The highest BCUT2D eigenvalue weighted by molar-refractivity contribution is 5.94. The Hall–Kier alpha value is -3.55. The van der Waals surface area contributed by atoms with Crippen LogP contribution in [0.5, 0.6) is 11.5 Å². The smallest absolute Gasteiger partial charge is 0.484 e. The highest BCUT2D eigenvalue weighted by Crippen LogP contribution is 2.18. The van der Waals surface area contributed by atoms with Gasteiger partial charge in [0.25, 0.3) is 11.8 Å². The molecule has 0 spiro atoms. The standard InChI is InChI=1S/C26H32N2O6/c1-3-5-19-6-10-22(11-7-19)33-18-24(29)27-21-14-16-28(17-15-21)25(30)20-8-12-23(13-9-20)34-26(31)32-4-2/h6-13,21H,3-5,14-18H2,1-2H3,(H,27,29). The number of carbonyl (C=O) groups is 3. The molecule has 34 heavy (non-hydrogen) atoms. The van der Waals surface area contributed by atoms with Crippen LogP contribution >= 0.6 is 0 Å². The molecule has 1 heterocycles. The summed E-state index contributed by atoms with van der Waals surface area (Å²) < 4.78 is 15.3. The number of hydrogen-bond acceptors (Lipinski definition) is 6. The Kier molecular flexibility index (Phi) is 9.31. The first kappa shape index (κ1) is 25.1. The Bertz CT molecular complexity index is 950. The summed E-state index contributed by atoms with van der Waals surface area (Å²) in [6.07, 6.45) is 2.68. The van der Waals surface area contributed by atoms with E-state index in [0.29, 0.717) is 43.0 Å². The van der Waals surface area contributed by atoms with E-state index in [0.717, 1.165) is 12.8 Å². The van der Waals surface area contributed by atoms with Crippen LogP contribution in [0, 0.1) is 0 Å². The summed E-state index contributed by atoms with van der Waals surface area (Å²) in [5, 5.41) is 2.99. The van der Waals surface area contributed by atoms with Crippen LogP contribution in [0.4, 0.5) is 4.79 Å². The average Bonchev–Trinajstić information content (AvgIpc) is 2.84. The van der Waals surface area contributed by atoms with E-state index >= 15 is 0 Å². The quantitative estimate of drug-likeness (QED) is 0.442. The van der Waals surface area contributed by atoms with Gasteiger partial charge in [-0.15, -0.1) is 0 Å². The Morgan fingerprint density at radius 2 is 1.59 bits per heavy atom. The van der Waals surface area contributed by atoms with Gasteiger partial charge in [0.15, 0.2) is 6.61 Å². The fourth-order valence-corrected chi connectivity index (χ4v) is 3.78. The van der Waals surface area contributed by atoms with E-state index < -0.39 is 6.16 Å². The lowest BCUT2D eigenvalue weighted by Gasteiger charge is -2.32. The van der Waals surface area contributed by atoms with Crippen molar-refractivity contribution < 1.29 is 28.6 Å². The topological polar surface area (TPSA) is 94.2 Å². The molecule has 1 N–H and O–H groups in total. The van der Waals surface area contributed by atoms with E-state index in [9.17, 15) is 14.4 Å². The van der Waals surface area contributed by atoms with Gasteiger partial charge in [-0.1, -0.05) is 25.5 Å². The molecular formula is C26H32N2O6.